The van der Waals surface area contributed by atoms with E-state index < -0.39 is 0 Å². The Morgan fingerprint density at radius 2 is 2.33 bits per heavy atom. The Bertz CT molecular complexity index is 585. The number of carbonyl (C=O) groups excluding carboxylic acids is 1. The number of aromatic nitrogens is 1. The van der Waals surface area contributed by atoms with Gasteiger partial charge in [-0.25, -0.2) is 9.78 Å². The number of amides is 2. The van der Waals surface area contributed by atoms with Crippen LogP contribution < -0.4 is 20.8 Å². The Labute approximate surface area is 110 Å². The van der Waals surface area contributed by atoms with E-state index in [-0.39, 0.29) is 6.03 Å². The number of methoxy groups -OCH3 is 1. The van der Waals surface area contributed by atoms with E-state index in [9.17, 15) is 4.79 Å². The number of benzene rings is 1. The summed E-state index contributed by atoms with van der Waals surface area (Å²) in [5, 5.41) is 5.96. The number of hydrogen-bond donors (Lipinski definition) is 2. The highest BCUT2D eigenvalue weighted by Crippen LogP contribution is 2.27. The van der Waals surface area contributed by atoms with E-state index in [1.807, 2.05) is 26.9 Å². The number of rotatable bonds is 3. The highest BCUT2D eigenvalue weighted by Gasteiger charge is 2.09. The van der Waals surface area contributed by atoms with Gasteiger partial charge in [-0.3, -0.25) is 5.32 Å². The zero-order valence-corrected chi connectivity index (χ0v) is 11.4. The molecule has 2 rings (SSSR count). The van der Waals surface area contributed by atoms with E-state index in [2.05, 4.69) is 15.6 Å². The minimum Gasteiger partial charge on any atom is -0.497 e. The van der Waals surface area contributed by atoms with Crippen molar-refractivity contribution in [2.24, 2.45) is 0 Å². The van der Waals surface area contributed by atoms with Crippen LogP contribution in [0.15, 0.2) is 12.1 Å². The van der Waals surface area contributed by atoms with Gasteiger partial charge in [-0.15, -0.1) is 0 Å². The van der Waals surface area contributed by atoms with Crippen molar-refractivity contribution >= 4 is 46.0 Å². The van der Waals surface area contributed by atoms with E-state index in [0.717, 1.165) is 21.4 Å². The molecular weight excluding hydrogens is 249 g/mol. The summed E-state index contributed by atoms with van der Waals surface area (Å²) in [7, 11) is 3.61. The van der Waals surface area contributed by atoms with Gasteiger partial charge in [0.05, 0.1) is 17.3 Å². The number of nitrogens with one attached hydrogen (secondary N) is 2. The zero-order valence-electron chi connectivity index (χ0n) is 10.5. The first-order valence-corrected chi connectivity index (χ1v) is 6.45. The molecule has 1 aromatic heterocycles. The van der Waals surface area contributed by atoms with Crippen molar-refractivity contribution in [3.8, 4) is 5.75 Å². The minimum atomic E-state index is -0.236. The number of nitrogens with zero attached hydrogens (tertiary/aromatic N) is 1. The zero-order chi connectivity index (χ0) is 13.1. The lowest BCUT2D eigenvalue weighted by molar-refractivity contribution is 0.252. The summed E-state index contributed by atoms with van der Waals surface area (Å²) in [5.41, 5.74) is 1.89. The van der Waals surface area contributed by atoms with Crippen LogP contribution in [0.3, 0.4) is 0 Å². The highest BCUT2D eigenvalue weighted by molar-refractivity contribution is 7.22. The third-order valence-corrected chi connectivity index (χ3v) is 3.40. The second-order valence-corrected chi connectivity index (χ2v) is 4.82. The first-order valence-electron chi connectivity index (χ1n) is 5.64. The molecule has 2 aromatic rings. The van der Waals surface area contributed by atoms with Crippen LogP contribution in [0.5, 0.6) is 5.75 Å². The molecule has 18 heavy (non-hydrogen) atoms. The lowest BCUT2D eigenvalue weighted by atomic mass is 9.95. The van der Waals surface area contributed by atoms with Crippen molar-refractivity contribution < 1.29 is 9.53 Å². The number of fused-ring (bicyclic) bond motifs is 1. The fourth-order valence-electron chi connectivity index (χ4n) is 1.63. The number of urea groups is 1. The molecule has 0 bridgehead atoms. The van der Waals surface area contributed by atoms with Crippen LogP contribution in [-0.2, 0) is 0 Å². The second kappa shape index (κ2) is 5.26. The monoisotopic (exact) mass is 263 g/mol. The van der Waals surface area contributed by atoms with Gasteiger partial charge in [0.1, 0.15) is 13.6 Å². The van der Waals surface area contributed by atoms with Crippen LogP contribution in [0, 0.1) is 0 Å². The van der Waals surface area contributed by atoms with Crippen molar-refractivity contribution in [3.63, 3.8) is 0 Å². The van der Waals surface area contributed by atoms with E-state index in [0.29, 0.717) is 11.7 Å². The molecule has 0 spiro atoms. The van der Waals surface area contributed by atoms with Crippen LogP contribution in [0.1, 0.15) is 6.92 Å². The number of anilines is 1. The molecular formula is C11H14BN3O2S. The van der Waals surface area contributed by atoms with Crippen molar-refractivity contribution in [1.29, 1.82) is 0 Å². The summed E-state index contributed by atoms with van der Waals surface area (Å²) in [5.74, 6) is 0.829. The summed E-state index contributed by atoms with van der Waals surface area (Å²) in [4.78, 5) is 15.8. The first-order chi connectivity index (χ1) is 8.63. The predicted octanol–water partition coefficient (Wildman–Crippen LogP) is 0.705. The average Bonchev–Trinajstić information content (AvgIpc) is 2.69. The van der Waals surface area contributed by atoms with Gasteiger partial charge in [-0.1, -0.05) is 11.3 Å². The standard InChI is InChI=1S/C11H14BN3O2S/c1-3-13-10(16)15-11-14-7-4-6(12)8(17-2)5-9(7)18-11/h4-5H,3,12H2,1-2H3,(H2,13,14,15,16). The SMILES string of the molecule is Bc1cc2nc(NC(=O)NCC)sc2cc1OC. The molecule has 0 radical (unpaired) electrons. The van der Waals surface area contributed by atoms with Gasteiger partial charge in [0.15, 0.2) is 5.13 Å². The Morgan fingerprint density at radius 3 is 3.00 bits per heavy atom. The van der Waals surface area contributed by atoms with E-state index in [1.165, 1.54) is 11.3 Å². The van der Waals surface area contributed by atoms with Gasteiger partial charge in [-0.2, -0.15) is 0 Å². The summed E-state index contributed by atoms with van der Waals surface area (Å²) < 4.78 is 6.25. The Kier molecular flexibility index (Phi) is 3.71. The minimum absolute atomic E-state index is 0.236. The van der Waals surface area contributed by atoms with Crippen molar-refractivity contribution in [3.05, 3.63) is 12.1 Å². The Balaban J connectivity index is 2.29. The van der Waals surface area contributed by atoms with Crippen molar-refractivity contribution in [1.82, 2.24) is 10.3 Å². The van der Waals surface area contributed by atoms with Gasteiger partial charge in [0.2, 0.25) is 0 Å². The van der Waals surface area contributed by atoms with E-state index in [1.54, 1.807) is 7.11 Å². The molecule has 1 heterocycles. The maximum absolute atomic E-state index is 11.4. The molecule has 2 N–H and O–H groups in total. The second-order valence-electron chi connectivity index (χ2n) is 3.79. The normalized spacial score (nSPS) is 10.3. The largest absolute Gasteiger partial charge is 0.497 e. The molecule has 0 unspecified atom stereocenters. The van der Waals surface area contributed by atoms with E-state index in [4.69, 9.17) is 4.74 Å². The molecule has 5 nitrogen and oxygen atoms in total. The third kappa shape index (κ3) is 2.56. The lowest BCUT2D eigenvalue weighted by Crippen LogP contribution is -2.28. The molecule has 0 aliphatic rings. The maximum atomic E-state index is 11.4. The van der Waals surface area contributed by atoms with Crippen molar-refractivity contribution in [2.75, 3.05) is 19.0 Å². The molecule has 0 saturated heterocycles. The van der Waals surface area contributed by atoms with Crippen molar-refractivity contribution in [2.45, 2.75) is 6.92 Å². The summed E-state index contributed by atoms with van der Waals surface area (Å²) in [6, 6.07) is 3.65. The Hall–Kier alpha value is -1.76. The maximum Gasteiger partial charge on any atom is 0.321 e. The van der Waals surface area contributed by atoms with Gasteiger partial charge in [-0.05, 0) is 24.5 Å². The molecule has 1 aromatic carbocycles. The topological polar surface area (TPSA) is 63.2 Å². The molecule has 0 saturated carbocycles. The molecule has 2 amide bonds. The van der Waals surface area contributed by atoms with Crippen LogP contribution in [0.2, 0.25) is 0 Å². The third-order valence-electron chi connectivity index (χ3n) is 2.46. The summed E-state index contributed by atoms with van der Waals surface area (Å²) in [6.07, 6.45) is 0. The van der Waals surface area contributed by atoms with Gasteiger partial charge in [0.25, 0.3) is 0 Å². The molecule has 0 aliphatic carbocycles. The number of thiazole rings is 1. The highest BCUT2D eigenvalue weighted by atomic mass is 32.1. The van der Waals surface area contributed by atoms with Crippen LogP contribution in [0.25, 0.3) is 10.2 Å². The number of hydrogen-bond acceptors (Lipinski definition) is 4. The van der Waals surface area contributed by atoms with Crippen LogP contribution >= 0.6 is 11.3 Å². The van der Waals surface area contributed by atoms with E-state index >= 15 is 0 Å². The predicted molar refractivity (Wildman–Crippen MR) is 77.0 cm³/mol. The molecule has 0 atom stereocenters. The molecule has 0 aliphatic heterocycles. The van der Waals surface area contributed by atoms with Gasteiger partial charge >= 0.3 is 6.03 Å². The summed E-state index contributed by atoms with van der Waals surface area (Å²) in [6.45, 7) is 2.45. The average molecular weight is 263 g/mol. The Morgan fingerprint density at radius 1 is 1.56 bits per heavy atom. The quantitative estimate of drug-likeness (QED) is 0.801. The first kappa shape index (κ1) is 12.7. The molecule has 94 valence electrons. The molecule has 0 fully saturated rings. The number of carbonyl (C=O) groups is 1. The van der Waals surface area contributed by atoms with Gasteiger partial charge < -0.3 is 10.1 Å². The fraction of sp³-hybridized carbons (Fsp3) is 0.273. The smallest absolute Gasteiger partial charge is 0.321 e. The van der Waals surface area contributed by atoms with Crippen LogP contribution in [-0.4, -0.2) is 32.5 Å². The summed E-state index contributed by atoms with van der Waals surface area (Å²) >= 11 is 1.43. The fourth-order valence-corrected chi connectivity index (χ4v) is 2.51. The molecule has 7 heteroatoms. The van der Waals surface area contributed by atoms with Gasteiger partial charge in [0, 0.05) is 6.54 Å². The van der Waals surface area contributed by atoms with Crippen LogP contribution in [0.4, 0.5) is 9.93 Å². The number of ether oxygens (including phenoxy) is 1. The lowest BCUT2D eigenvalue weighted by Gasteiger charge is -2.02.